The fourth-order valence-electron chi connectivity index (χ4n) is 3.23. The lowest BCUT2D eigenvalue weighted by Gasteiger charge is -2.41. The molecule has 0 bridgehead atoms. The highest BCUT2D eigenvalue weighted by Crippen LogP contribution is 2.37. The van der Waals surface area contributed by atoms with Crippen LogP contribution >= 0.6 is 0 Å². The fourth-order valence-corrected chi connectivity index (χ4v) is 3.23. The third-order valence-corrected chi connectivity index (χ3v) is 4.66. The normalized spacial score (nSPS) is 23.8. The van der Waals surface area contributed by atoms with Crippen molar-refractivity contribution in [1.29, 1.82) is 0 Å². The molecule has 0 spiro atoms. The maximum atomic E-state index is 5.73. The standard InChI is InChI=1S/C14H23N3O/c1-18-14(5-2-6-14)10-17-11-16-9-13(17)12-3-7-15-8-4-12/h9,11-12,15H,2-8,10H2,1H3. The van der Waals surface area contributed by atoms with Gasteiger partial charge in [-0.1, -0.05) is 0 Å². The molecular weight excluding hydrogens is 226 g/mol. The first-order chi connectivity index (χ1) is 8.83. The molecule has 1 N–H and O–H groups in total. The van der Waals surface area contributed by atoms with E-state index < -0.39 is 0 Å². The van der Waals surface area contributed by atoms with Crippen LogP contribution in [0, 0.1) is 0 Å². The second-order valence-electron chi connectivity index (χ2n) is 5.71. The molecule has 1 aliphatic heterocycles. The minimum absolute atomic E-state index is 0.0857. The molecule has 1 aromatic heterocycles. The first-order valence-electron chi connectivity index (χ1n) is 7.09. The zero-order chi connectivity index (χ0) is 12.4. The number of nitrogens with zero attached hydrogens (tertiary/aromatic N) is 2. The minimum atomic E-state index is 0.0857. The molecule has 0 radical (unpaired) electrons. The maximum absolute atomic E-state index is 5.73. The van der Waals surface area contributed by atoms with Gasteiger partial charge in [0.2, 0.25) is 0 Å². The number of hydrogen-bond donors (Lipinski definition) is 1. The van der Waals surface area contributed by atoms with E-state index in [4.69, 9.17) is 4.74 Å². The van der Waals surface area contributed by atoms with Gasteiger partial charge in [0.1, 0.15) is 0 Å². The van der Waals surface area contributed by atoms with Crippen LogP contribution in [0.1, 0.15) is 43.7 Å². The van der Waals surface area contributed by atoms with Gasteiger partial charge in [0.25, 0.3) is 0 Å². The number of hydrogen-bond acceptors (Lipinski definition) is 3. The van der Waals surface area contributed by atoms with E-state index in [1.54, 1.807) is 0 Å². The molecule has 1 aromatic rings. The quantitative estimate of drug-likeness (QED) is 0.886. The Bertz CT molecular complexity index is 386. The number of aromatic nitrogens is 2. The van der Waals surface area contributed by atoms with Gasteiger partial charge in [-0.3, -0.25) is 0 Å². The minimum Gasteiger partial charge on any atom is -0.376 e. The summed E-state index contributed by atoms with van der Waals surface area (Å²) in [5.74, 6) is 0.669. The number of piperidine rings is 1. The van der Waals surface area contributed by atoms with Crippen LogP contribution in [-0.2, 0) is 11.3 Å². The average Bonchev–Trinajstić information content (AvgIpc) is 2.83. The van der Waals surface area contributed by atoms with Crippen molar-refractivity contribution >= 4 is 0 Å². The Balaban J connectivity index is 1.74. The van der Waals surface area contributed by atoms with E-state index in [0.717, 1.165) is 19.6 Å². The summed E-state index contributed by atoms with van der Waals surface area (Å²) in [6.45, 7) is 3.24. The Morgan fingerprint density at radius 1 is 1.44 bits per heavy atom. The van der Waals surface area contributed by atoms with E-state index >= 15 is 0 Å². The average molecular weight is 249 g/mol. The van der Waals surface area contributed by atoms with Crippen LogP contribution in [0.5, 0.6) is 0 Å². The molecule has 2 fully saturated rings. The second-order valence-corrected chi connectivity index (χ2v) is 5.71. The van der Waals surface area contributed by atoms with E-state index in [1.165, 1.54) is 37.8 Å². The van der Waals surface area contributed by atoms with Crippen molar-refractivity contribution in [3.05, 3.63) is 18.2 Å². The highest BCUT2D eigenvalue weighted by Gasteiger charge is 2.38. The number of rotatable bonds is 4. The van der Waals surface area contributed by atoms with Crippen LogP contribution in [-0.4, -0.2) is 35.4 Å². The van der Waals surface area contributed by atoms with Gasteiger partial charge < -0.3 is 14.6 Å². The van der Waals surface area contributed by atoms with E-state index in [-0.39, 0.29) is 5.60 Å². The fraction of sp³-hybridized carbons (Fsp3) is 0.786. The van der Waals surface area contributed by atoms with E-state index in [2.05, 4.69) is 21.1 Å². The van der Waals surface area contributed by atoms with Crippen molar-refractivity contribution in [2.75, 3.05) is 20.2 Å². The van der Waals surface area contributed by atoms with Crippen LogP contribution in [0.15, 0.2) is 12.5 Å². The Morgan fingerprint density at radius 3 is 2.83 bits per heavy atom. The summed E-state index contributed by atoms with van der Waals surface area (Å²) in [7, 11) is 1.85. The highest BCUT2D eigenvalue weighted by molar-refractivity contribution is 5.09. The Hall–Kier alpha value is -0.870. The SMILES string of the molecule is COC1(Cn2cncc2C2CCNCC2)CCC1. The van der Waals surface area contributed by atoms with Gasteiger partial charge in [-0.2, -0.15) is 0 Å². The molecule has 4 nitrogen and oxygen atoms in total. The molecule has 0 unspecified atom stereocenters. The Morgan fingerprint density at radius 2 is 2.22 bits per heavy atom. The molecule has 1 saturated carbocycles. The van der Waals surface area contributed by atoms with Gasteiger partial charge in [0.05, 0.1) is 18.5 Å². The third-order valence-electron chi connectivity index (χ3n) is 4.66. The lowest BCUT2D eigenvalue weighted by atomic mass is 9.79. The van der Waals surface area contributed by atoms with Gasteiger partial charge in [-0.05, 0) is 45.2 Å². The van der Waals surface area contributed by atoms with Gasteiger partial charge in [-0.15, -0.1) is 0 Å². The molecule has 0 aromatic carbocycles. The van der Waals surface area contributed by atoms with Gasteiger partial charge in [-0.25, -0.2) is 4.98 Å². The van der Waals surface area contributed by atoms with Crippen molar-refractivity contribution in [1.82, 2.24) is 14.9 Å². The molecule has 2 heterocycles. The highest BCUT2D eigenvalue weighted by atomic mass is 16.5. The van der Waals surface area contributed by atoms with Gasteiger partial charge in [0.15, 0.2) is 0 Å². The summed E-state index contributed by atoms with van der Waals surface area (Å²) in [5.41, 5.74) is 1.49. The van der Waals surface area contributed by atoms with Crippen molar-refractivity contribution < 1.29 is 4.74 Å². The molecule has 18 heavy (non-hydrogen) atoms. The smallest absolute Gasteiger partial charge is 0.0949 e. The number of methoxy groups -OCH3 is 1. The largest absolute Gasteiger partial charge is 0.376 e. The summed E-state index contributed by atoms with van der Waals surface area (Å²) >= 11 is 0. The Labute approximate surface area is 109 Å². The van der Waals surface area contributed by atoms with Crippen LogP contribution in [0.4, 0.5) is 0 Å². The molecule has 100 valence electrons. The molecular formula is C14H23N3O. The molecule has 3 rings (SSSR count). The zero-order valence-electron chi connectivity index (χ0n) is 11.2. The molecule has 0 amide bonds. The summed E-state index contributed by atoms with van der Waals surface area (Å²) in [6, 6.07) is 0. The van der Waals surface area contributed by atoms with E-state index in [9.17, 15) is 0 Å². The molecule has 1 saturated heterocycles. The first-order valence-corrected chi connectivity index (χ1v) is 7.09. The predicted molar refractivity (Wildman–Crippen MR) is 70.7 cm³/mol. The van der Waals surface area contributed by atoms with Gasteiger partial charge in [0, 0.05) is 24.9 Å². The van der Waals surface area contributed by atoms with Crippen molar-refractivity contribution in [3.63, 3.8) is 0 Å². The zero-order valence-corrected chi connectivity index (χ0v) is 11.2. The molecule has 1 aliphatic carbocycles. The van der Waals surface area contributed by atoms with E-state index in [1.807, 2.05) is 13.4 Å². The molecule has 4 heteroatoms. The number of nitrogens with one attached hydrogen (secondary N) is 1. The third kappa shape index (κ3) is 2.19. The maximum Gasteiger partial charge on any atom is 0.0949 e. The topological polar surface area (TPSA) is 39.1 Å². The lowest BCUT2D eigenvalue weighted by molar-refractivity contribution is -0.0840. The van der Waals surface area contributed by atoms with Crippen LogP contribution in [0.3, 0.4) is 0 Å². The summed E-state index contributed by atoms with van der Waals surface area (Å²) in [5, 5.41) is 3.42. The summed E-state index contributed by atoms with van der Waals surface area (Å²) in [6.07, 6.45) is 10.2. The lowest BCUT2D eigenvalue weighted by Crippen LogP contribution is -2.43. The Kier molecular flexibility index (Phi) is 3.39. The second kappa shape index (κ2) is 5.02. The van der Waals surface area contributed by atoms with Gasteiger partial charge >= 0.3 is 0 Å². The van der Waals surface area contributed by atoms with Crippen molar-refractivity contribution in [2.24, 2.45) is 0 Å². The van der Waals surface area contributed by atoms with Crippen LogP contribution in [0.25, 0.3) is 0 Å². The van der Waals surface area contributed by atoms with Crippen molar-refractivity contribution in [2.45, 2.75) is 50.2 Å². The van der Waals surface area contributed by atoms with Crippen LogP contribution < -0.4 is 5.32 Å². The monoisotopic (exact) mass is 249 g/mol. The predicted octanol–water partition coefficient (Wildman–Crippen LogP) is 1.92. The van der Waals surface area contributed by atoms with Crippen LogP contribution in [0.2, 0.25) is 0 Å². The number of imidazole rings is 1. The number of ether oxygens (including phenoxy) is 1. The molecule has 2 aliphatic rings. The summed E-state index contributed by atoms with van der Waals surface area (Å²) in [4.78, 5) is 4.36. The first kappa shape index (κ1) is 12.2. The molecule has 0 atom stereocenters. The van der Waals surface area contributed by atoms with Crippen molar-refractivity contribution in [3.8, 4) is 0 Å². The van der Waals surface area contributed by atoms with E-state index in [0.29, 0.717) is 5.92 Å². The summed E-state index contributed by atoms with van der Waals surface area (Å²) < 4.78 is 8.06.